The number of hydrogen-bond acceptors (Lipinski definition) is 4. The third-order valence-corrected chi connectivity index (χ3v) is 6.24. The van der Waals surface area contributed by atoms with Crippen molar-refractivity contribution in [3.63, 3.8) is 0 Å². The number of piperidine rings is 1. The van der Waals surface area contributed by atoms with Gasteiger partial charge in [0.2, 0.25) is 21.8 Å². The van der Waals surface area contributed by atoms with Gasteiger partial charge < -0.3 is 10.6 Å². The van der Waals surface area contributed by atoms with E-state index in [9.17, 15) is 18.0 Å². The first-order valence-corrected chi connectivity index (χ1v) is 9.96. The molecule has 1 fully saturated rings. The van der Waals surface area contributed by atoms with Crippen molar-refractivity contribution in [3.05, 3.63) is 29.3 Å². The minimum absolute atomic E-state index is 0.0596. The number of rotatable bonds is 6. The van der Waals surface area contributed by atoms with Gasteiger partial charge in [-0.25, -0.2) is 8.42 Å². The van der Waals surface area contributed by atoms with Crippen molar-refractivity contribution in [2.45, 2.75) is 24.7 Å². The fourth-order valence-corrected chi connectivity index (χ4v) is 4.28. The number of hydrogen-bond donors (Lipinski definition) is 2. The van der Waals surface area contributed by atoms with E-state index in [0.29, 0.717) is 24.4 Å². The summed E-state index contributed by atoms with van der Waals surface area (Å²) < 4.78 is 26.6. The van der Waals surface area contributed by atoms with Crippen molar-refractivity contribution in [1.82, 2.24) is 14.9 Å². The Morgan fingerprint density at radius 3 is 2.32 bits per heavy atom. The van der Waals surface area contributed by atoms with Crippen LogP contribution in [0.3, 0.4) is 0 Å². The number of halogens is 1. The number of nitrogens with zero attached hydrogens (tertiary/aromatic N) is 1. The van der Waals surface area contributed by atoms with E-state index in [-0.39, 0.29) is 42.3 Å². The van der Waals surface area contributed by atoms with Crippen molar-refractivity contribution in [2.24, 2.45) is 5.92 Å². The normalized spacial score (nSPS) is 16.4. The maximum atomic E-state index is 12.6. The molecule has 1 aromatic rings. The fourth-order valence-electron chi connectivity index (χ4n) is 2.69. The van der Waals surface area contributed by atoms with Crippen LogP contribution >= 0.6 is 11.6 Å². The molecule has 9 heteroatoms. The fraction of sp³-hybridized carbons (Fsp3) is 0.500. The Morgan fingerprint density at radius 1 is 1.16 bits per heavy atom. The molecule has 1 saturated heterocycles. The van der Waals surface area contributed by atoms with E-state index in [2.05, 4.69) is 10.6 Å². The van der Waals surface area contributed by atoms with E-state index >= 15 is 0 Å². The lowest BCUT2D eigenvalue weighted by Crippen LogP contribution is -2.45. The van der Waals surface area contributed by atoms with E-state index in [1.165, 1.54) is 28.6 Å². The maximum absolute atomic E-state index is 12.6. The summed E-state index contributed by atoms with van der Waals surface area (Å²) >= 11 is 5.79. The molecule has 0 saturated carbocycles. The number of sulfonamides is 1. The van der Waals surface area contributed by atoms with E-state index in [1.54, 1.807) is 6.92 Å². The summed E-state index contributed by atoms with van der Waals surface area (Å²) in [6.45, 7) is 2.79. The minimum atomic E-state index is -3.58. The average Bonchev–Trinajstić information content (AvgIpc) is 2.60. The monoisotopic (exact) mass is 387 g/mol. The molecular formula is C16H22ClN3O4S. The van der Waals surface area contributed by atoms with Gasteiger partial charge >= 0.3 is 0 Å². The van der Waals surface area contributed by atoms with E-state index in [1.807, 2.05) is 0 Å². The highest BCUT2D eigenvalue weighted by molar-refractivity contribution is 7.89. The predicted octanol–water partition coefficient (Wildman–Crippen LogP) is 0.993. The SMILES string of the molecule is CCNC(=O)CNC(=O)C1CCN(S(=O)(=O)c2ccc(Cl)cc2)CC1. The number of benzene rings is 1. The molecule has 2 rings (SSSR count). The van der Waals surface area contributed by atoms with E-state index < -0.39 is 10.0 Å². The Labute approximate surface area is 152 Å². The molecule has 1 aliphatic rings. The van der Waals surface area contributed by atoms with Crippen molar-refractivity contribution in [1.29, 1.82) is 0 Å². The molecule has 138 valence electrons. The highest BCUT2D eigenvalue weighted by Gasteiger charge is 2.32. The first-order chi connectivity index (χ1) is 11.8. The maximum Gasteiger partial charge on any atom is 0.243 e. The lowest BCUT2D eigenvalue weighted by molar-refractivity contribution is -0.129. The molecule has 0 aliphatic carbocycles. The van der Waals surface area contributed by atoms with Crippen molar-refractivity contribution in [2.75, 3.05) is 26.2 Å². The molecule has 2 N–H and O–H groups in total. The molecule has 0 bridgehead atoms. The van der Waals surface area contributed by atoms with Gasteiger partial charge in [-0.3, -0.25) is 9.59 Å². The summed E-state index contributed by atoms with van der Waals surface area (Å²) in [4.78, 5) is 23.7. The van der Waals surface area contributed by atoms with Crippen LogP contribution < -0.4 is 10.6 Å². The molecule has 0 radical (unpaired) electrons. The van der Waals surface area contributed by atoms with Crippen LogP contribution in [0.15, 0.2) is 29.2 Å². The summed E-state index contributed by atoms with van der Waals surface area (Å²) in [6.07, 6.45) is 0.849. The van der Waals surface area contributed by atoms with Crippen LogP contribution in [0.25, 0.3) is 0 Å². The standard InChI is InChI=1S/C16H22ClN3O4S/c1-2-18-15(21)11-19-16(22)12-7-9-20(10-8-12)25(23,24)14-5-3-13(17)4-6-14/h3-6,12H,2,7-11H2,1H3,(H,18,21)(H,19,22). The van der Waals surface area contributed by atoms with Gasteiger partial charge in [0.05, 0.1) is 11.4 Å². The van der Waals surface area contributed by atoms with Crippen molar-refractivity contribution >= 4 is 33.4 Å². The highest BCUT2D eigenvalue weighted by atomic mass is 35.5. The van der Waals surface area contributed by atoms with Crippen LogP contribution in [0.2, 0.25) is 5.02 Å². The molecule has 2 amide bonds. The van der Waals surface area contributed by atoms with Crippen molar-refractivity contribution < 1.29 is 18.0 Å². The lowest BCUT2D eigenvalue weighted by atomic mass is 9.97. The third kappa shape index (κ3) is 5.17. The molecular weight excluding hydrogens is 366 g/mol. The molecule has 7 nitrogen and oxygen atoms in total. The molecule has 1 heterocycles. The summed E-state index contributed by atoms with van der Waals surface area (Å²) in [6, 6.07) is 6.03. The second-order valence-corrected chi connectivity index (χ2v) is 8.18. The quantitative estimate of drug-likeness (QED) is 0.761. The Bertz CT molecular complexity index is 713. The Balaban J connectivity index is 1.89. The van der Waals surface area contributed by atoms with Gasteiger partial charge in [-0.05, 0) is 44.0 Å². The lowest BCUT2D eigenvalue weighted by Gasteiger charge is -2.30. The summed E-state index contributed by atoms with van der Waals surface area (Å²) in [5, 5.41) is 5.67. The van der Waals surface area contributed by atoms with E-state index in [4.69, 9.17) is 11.6 Å². The first-order valence-electron chi connectivity index (χ1n) is 8.14. The minimum Gasteiger partial charge on any atom is -0.355 e. The molecule has 1 aliphatic heterocycles. The number of carbonyl (C=O) groups is 2. The Morgan fingerprint density at radius 2 is 1.76 bits per heavy atom. The predicted molar refractivity (Wildman–Crippen MR) is 94.6 cm³/mol. The number of amides is 2. The zero-order chi connectivity index (χ0) is 18.4. The van der Waals surface area contributed by atoms with Crippen molar-refractivity contribution in [3.8, 4) is 0 Å². The van der Waals surface area contributed by atoms with Crippen LogP contribution in [-0.2, 0) is 19.6 Å². The summed E-state index contributed by atoms with van der Waals surface area (Å²) in [5.41, 5.74) is 0. The van der Waals surface area contributed by atoms with Crippen LogP contribution in [0.1, 0.15) is 19.8 Å². The van der Waals surface area contributed by atoms with Gasteiger partial charge in [0, 0.05) is 30.6 Å². The third-order valence-electron chi connectivity index (χ3n) is 4.07. The zero-order valence-corrected chi connectivity index (χ0v) is 15.6. The van der Waals surface area contributed by atoms with Gasteiger partial charge in [0.25, 0.3) is 0 Å². The smallest absolute Gasteiger partial charge is 0.243 e. The van der Waals surface area contributed by atoms with Gasteiger partial charge in [-0.1, -0.05) is 11.6 Å². The van der Waals surface area contributed by atoms with Gasteiger partial charge in [0.1, 0.15) is 0 Å². The molecule has 0 spiro atoms. The summed E-state index contributed by atoms with van der Waals surface area (Å²) in [7, 11) is -3.58. The zero-order valence-electron chi connectivity index (χ0n) is 14.0. The summed E-state index contributed by atoms with van der Waals surface area (Å²) in [5.74, 6) is -0.737. The van der Waals surface area contributed by atoms with Gasteiger partial charge in [-0.15, -0.1) is 0 Å². The molecule has 1 aromatic carbocycles. The Hall–Kier alpha value is -1.64. The number of nitrogens with one attached hydrogen (secondary N) is 2. The van der Waals surface area contributed by atoms with Crippen LogP contribution in [0.4, 0.5) is 0 Å². The van der Waals surface area contributed by atoms with Gasteiger partial charge in [0.15, 0.2) is 0 Å². The Kier molecular flexibility index (Phi) is 6.80. The molecule has 0 aromatic heterocycles. The molecule has 0 unspecified atom stereocenters. The average molecular weight is 388 g/mol. The van der Waals surface area contributed by atoms with Crippen LogP contribution in [-0.4, -0.2) is 50.7 Å². The van der Waals surface area contributed by atoms with E-state index in [0.717, 1.165) is 0 Å². The highest BCUT2D eigenvalue weighted by Crippen LogP contribution is 2.24. The number of carbonyl (C=O) groups excluding carboxylic acids is 2. The molecule has 25 heavy (non-hydrogen) atoms. The number of likely N-dealkylation sites (N-methyl/N-ethyl adjacent to an activating group) is 1. The second kappa shape index (κ2) is 8.64. The first kappa shape index (κ1) is 19.7. The van der Waals surface area contributed by atoms with Gasteiger partial charge in [-0.2, -0.15) is 4.31 Å². The molecule has 0 atom stereocenters. The second-order valence-electron chi connectivity index (χ2n) is 5.80. The largest absolute Gasteiger partial charge is 0.355 e. The van der Waals surface area contributed by atoms with Crippen LogP contribution in [0.5, 0.6) is 0 Å². The van der Waals surface area contributed by atoms with Crippen LogP contribution in [0, 0.1) is 5.92 Å². The topological polar surface area (TPSA) is 95.6 Å².